The van der Waals surface area contributed by atoms with E-state index >= 15 is 0 Å². The Balaban J connectivity index is 1.36. The van der Waals surface area contributed by atoms with Gasteiger partial charge in [-0.05, 0) is 49.4 Å². The van der Waals surface area contributed by atoms with Gasteiger partial charge in [-0.1, -0.05) is 11.6 Å². The molecule has 1 atom stereocenters. The Morgan fingerprint density at radius 1 is 1.12 bits per heavy atom. The van der Waals surface area contributed by atoms with Gasteiger partial charge in [0.05, 0.1) is 17.2 Å². The van der Waals surface area contributed by atoms with Crippen LogP contribution in [0.2, 0.25) is 5.02 Å². The maximum absolute atomic E-state index is 13.1. The molecule has 2 fully saturated rings. The molecule has 0 spiro atoms. The van der Waals surface area contributed by atoms with Crippen LogP contribution in [0, 0.1) is 0 Å². The summed E-state index contributed by atoms with van der Waals surface area (Å²) in [4.78, 5) is 41.8. The van der Waals surface area contributed by atoms with Gasteiger partial charge in [-0.3, -0.25) is 19.3 Å². The minimum atomic E-state index is -0.518. The number of carbonyl (C=O) groups excluding carboxylic acids is 3. The number of nitrogens with one attached hydrogen (secondary N) is 2. The molecule has 1 aromatic heterocycles. The highest BCUT2D eigenvalue weighted by Gasteiger charge is 2.31. The third-order valence-corrected chi connectivity index (χ3v) is 6.84. The highest BCUT2D eigenvalue weighted by Crippen LogP contribution is 2.28. The van der Waals surface area contributed by atoms with Crippen LogP contribution in [-0.2, 0) is 4.79 Å². The predicted octanol–water partition coefficient (Wildman–Crippen LogP) is 2.78. The fourth-order valence-corrected chi connectivity index (χ4v) is 4.58. The zero-order valence-corrected chi connectivity index (χ0v) is 19.2. The SMILES string of the molecule is C[C@@H](C(=O)NC1CC1)N1CCN(C(=O)c2ccsc2NC(=O)c2ccc(Cl)cc2O)CC1. The van der Waals surface area contributed by atoms with Crippen LogP contribution in [0.1, 0.15) is 40.5 Å². The number of phenolic OH excluding ortho intramolecular Hbond substituents is 1. The number of phenols is 1. The topological polar surface area (TPSA) is 102 Å². The Bertz CT molecular complexity index is 1030. The zero-order valence-electron chi connectivity index (χ0n) is 17.6. The molecule has 1 aromatic carbocycles. The lowest BCUT2D eigenvalue weighted by Crippen LogP contribution is -2.55. The second-order valence-electron chi connectivity index (χ2n) is 8.07. The monoisotopic (exact) mass is 476 g/mol. The number of aromatic hydroxyl groups is 1. The Morgan fingerprint density at radius 3 is 2.50 bits per heavy atom. The Morgan fingerprint density at radius 2 is 1.84 bits per heavy atom. The van der Waals surface area contributed by atoms with E-state index in [4.69, 9.17) is 11.6 Å². The number of anilines is 1. The summed E-state index contributed by atoms with van der Waals surface area (Å²) >= 11 is 7.07. The van der Waals surface area contributed by atoms with Gasteiger partial charge >= 0.3 is 0 Å². The third kappa shape index (κ3) is 5.06. The lowest BCUT2D eigenvalue weighted by atomic mass is 10.1. The number of nitrogens with zero attached hydrogens (tertiary/aromatic N) is 2. The molecule has 3 amide bonds. The Kier molecular flexibility index (Phi) is 6.68. The van der Waals surface area contributed by atoms with Crippen molar-refractivity contribution in [1.29, 1.82) is 0 Å². The van der Waals surface area contributed by atoms with E-state index in [1.165, 1.54) is 29.5 Å². The second kappa shape index (κ2) is 9.48. The summed E-state index contributed by atoms with van der Waals surface area (Å²) in [6.07, 6.45) is 2.11. The highest BCUT2D eigenvalue weighted by atomic mass is 35.5. The summed E-state index contributed by atoms with van der Waals surface area (Å²) < 4.78 is 0. The number of amides is 3. The lowest BCUT2D eigenvalue weighted by Gasteiger charge is -2.37. The Hall–Kier alpha value is -2.62. The van der Waals surface area contributed by atoms with Gasteiger partial charge in [-0.25, -0.2) is 0 Å². The minimum Gasteiger partial charge on any atom is -0.507 e. The van der Waals surface area contributed by atoms with E-state index < -0.39 is 5.91 Å². The molecule has 1 aliphatic heterocycles. The number of carbonyl (C=O) groups is 3. The molecule has 0 bridgehead atoms. The van der Waals surface area contributed by atoms with Gasteiger partial charge in [0.25, 0.3) is 11.8 Å². The maximum atomic E-state index is 13.1. The number of benzene rings is 1. The number of halogens is 1. The molecule has 1 aliphatic carbocycles. The molecule has 170 valence electrons. The molecule has 0 unspecified atom stereocenters. The van der Waals surface area contributed by atoms with Gasteiger partial charge in [-0.2, -0.15) is 0 Å². The van der Waals surface area contributed by atoms with E-state index in [1.807, 2.05) is 6.92 Å². The van der Waals surface area contributed by atoms with Crippen LogP contribution in [0.15, 0.2) is 29.6 Å². The smallest absolute Gasteiger partial charge is 0.260 e. The van der Waals surface area contributed by atoms with Crippen molar-refractivity contribution in [3.05, 3.63) is 45.8 Å². The Labute approximate surface area is 195 Å². The molecule has 2 heterocycles. The molecule has 4 rings (SSSR count). The summed E-state index contributed by atoms with van der Waals surface area (Å²) in [6.45, 7) is 4.11. The van der Waals surface area contributed by atoms with Crippen LogP contribution in [0.5, 0.6) is 5.75 Å². The second-order valence-corrected chi connectivity index (χ2v) is 9.42. The minimum absolute atomic E-state index is 0.0422. The van der Waals surface area contributed by atoms with Crippen LogP contribution in [0.25, 0.3) is 0 Å². The summed E-state index contributed by atoms with van der Waals surface area (Å²) in [7, 11) is 0. The summed E-state index contributed by atoms with van der Waals surface area (Å²) in [6, 6.07) is 6.03. The number of piperazine rings is 1. The molecule has 8 nitrogen and oxygen atoms in total. The maximum Gasteiger partial charge on any atom is 0.260 e. The number of thiophene rings is 1. The first kappa shape index (κ1) is 22.6. The van der Waals surface area contributed by atoms with Gasteiger partial charge in [0.1, 0.15) is 10.8 Å². The molecule has 2 aliphatic rings. The number of rotatable bonds is 6. The molecule has 10 heteroatoms. The summed E-state index contributed by atoms with van der Waals surface area (Å²) in [5.41, 5.74) is 0.484. The zero-order chi connectivity index (χ0) is 22.8. The average molecular weight is 477 g/mol. The van der Waals surface area contributed by atoms with E-state index in [0.29, 0.717) is 47.8 Å². The van der Waals surface area contributed by atoms with Gasteiger partial charge in [0.15, 0.2) is 0 Å². The first-order chi connectivity index (χ1) is 15.3. The number of hydrogen-bond donors (Lipinski definition) is 3. The van der Waals surface area contributed by atoms with Crippen molar-refractivity contribution in [3.8, 4) is 5.75 Å². The van der Waals surface area contributed by atoms with Crippen LogP contribution in [0.4, 0.5) is 5.00 Å². The van der Waals surface area contributed by atoms with Crippen molar-refractivity contribution in [2.24, 2.45) is 0 Å². The third-order valence-electron chi connectivity index (χ3n) is 5.78. The average Bonchev–Trinajstić information content (AvgIpc) is 3.47. The molecule has 2 aromatic rings. The quantitative estimate of drug-likeness (QED) is 0.595. The van der Waals surface area contributed by atoms with Crippen molar-refractivity contribution in [1.82, 2.24) is 15.1 Å². The fourth-order valence-electron chi connectivity index (χ4n) is 3.64. The largest absolute Gasteiger partial charge is 0.507 e. The van der Waals surface area contributed by atoms with Gasteiger partial charge < -0.3 is 20.6 Å². The van der Waals surface area contributed by atoms with Crippen molar-refractivity contribution in [2.75, 3.05) is 31.5 Å². The fraction of sp³-hybridized carbons (Fsp3) is 0.409. The highest BCUT2D eigenvalue weighted by molar-refractivity contribution is 7.14. The molecule has 1 saturated carbocycles. The molecular weight excluding hydrogens is 452 g/mol. The van der Waals surface area contributed by atoms with Crippen molar-refractivity contribution < 1.29 is 19.5 Å². The standard InChI is InChI=1S/C22H25ClN4O4S/c1-13(19(29)24-15-3-4-15)26-7-9-27(10-8-26)22(31)17-6-11-32-21(17)25-20(30)16-5-2-14(23)12-18(16)28/h2,5-6,11-13,15,28H,3-4,7-10H2,1H3,(H,24,29)(H,25,30)/t13-/m0/s1. The first-order valence-corrected chi connectivity index (χ1v) is 11.8. The van der Waals surface area contributed by atoms with Crippen LogP contribution < -0.4 is 10.6 Å². The van der Waals surface area contributed by atoms with Crippen LogP contribution in [-0.4, -0.2) is 70.9 Å². The summed E-state index contributed by atoms with van der Waals surface area (Å²) in [5, 5.41) is 18.2. The molecular formula is C22H25ClN4O4S. The molecule has 3 N–H and O–H groups in total. The molecule has 0 radical (unpaired) electrons. The van der Waals surface area contributed by atoms with E-state index in [9.17, 15) is 19.5 Å². The van der Waals surface area contributed by atoms with Crippen LogP contribution >= 0.6 is 22.9 Å². The predicted molar refractivity (Wildman–Crippen MR) is 123 cm³/mol. The number of hydrogen-bond acceptors (Lipinski definition) is 6. The van der Waals surface area contributed by atoms with Crippen molar-refractivity contribution in [3.63, 3.8) is 0 Å². The van der Waals surface area contributed by atoms with Crippen molar-refractivity contribution in [2.45, 2.75) is 31.8 Å². The van der Waals surface area contributed by atoms with Crippen molar-refractivity contribution >= 4 is 45.7 Å². The van der Waals surface area contributed by atoms with E-state index in [2.05, 4.69) is 15.5 Å². The van der Waals surface area contributed by atoms with E-state index in [-0.39, 0.29) is 29.2 Å². The van der Waals surface area contributed by atoms with E-state index in [0.717, 1.165) is 12.8 Å². The van der Waals surface area contributed by atoms with E-state index in [1.54, 1.807) is 16.3 Å². The molecule has 32 heavy (non-hydrogen) atoms. The van der Waals surface area contributed by atoms with Gasteiger partial charge in [0.2, 0.25) is 5.91 Å². The lowest BCUT2D eigenvalue weighted by molar-refractivity contribution is -0.126. The normalized spacial score (nSPS) is 17.6. The van der Waals surface area contributed by atoms with Gasteiger partial charge in [-0.15, -0.1) is 11.3 Å². The van der Waals surface area contributed by atoms with Crippen LogP contribution in [0.3, 0.4) is 0 Å². The first-order valence-electron chi connectivity index (χ1n) is 10.5. The van der Waals surface area contributed by atoms with Gasteiger partial charge in [0, 0.05) is 37.2 Å². The summed E-state index contributed by atoms with van der Waals surface area (Å²) in [5.74, 6) is -0.872. The molecule has 1 saturated heterocycles.